The Kier molecular flexibility index (Phi) is 2.93. The maximum Gasteiger partial charge on any atom is 0.136 e. The monoisotopic (exact) mass is 245 g/mol. The number of rotatable bonds is 2. The summed E-state index contributed by atoms with van der Waals surface area (Å²) in [5, 5.41) is 9.67. The first-order valence-corrected chi connectivity index (χ1v) is 4.67. The van der Waals surface area contributed by atoms with Crippen LogP contribution in [0.3, 0.4) is 0 Å². The van der Waals surface area contributed by atoms with E-state index in [2.05, 4.69) is 20.9 Å². The van der Waals surface area contributed by atoms with Crippen molar-refractivity contribution in [3.63, 3.8) is 0 Å². The van der Waals surface area contributed by atoms with Crippen molar-refractivity contribution in [2.45, 2.75) is 19.4 Å². The normalized spacial score (nSPS) is 11.5. The molecule has 1 aromatic heterocycles. The Morgan fingerprint density at radius 1 is 1.54 bits per heavy atom. The number of methoxy groups -OCH3 is 1. The minimum absolute atomic E-state index is 0.590. The molecule has 0 bridgehead atoms. The summed E-state index contributed by atoms with van der Waals surface area (Å²) < 4.78 is 5.86. The zero-order chi connectivity index (χ0) is 10.1. The van der Waals surface area contributed by atoms with E-state index >= 15 is 0 Å². The number of aliphatic hydroxyl groups is 1. The molecule has 72 valence electrons. The summed E-state index contributed by atoms with van der Waals surface area (Å²) in [6.07, 6.45) is 1.62. The van der Waals surface area contributed by atoms with Crippen LogP contribution in [0.5, 0.6) is 5.75 Å². The average molecular weight is 246 g/mol. The molecule has 1 heterocycles. The highest BCUT2D eigenvalue weighted by Crippen LogP contribution is 2.28. The smallest absolute Gasteiger partial charge is 0.136 e. The molecule has 0 aliphatic rings. The first-order valence-electron chi connectivity index (χ1n) is 3.87. The van der Waals surface area contributed by atoms with Crippen molar-refractivity contribution < 1.29 is 9.84 Å². The molecule has 0 fully saturated rings. The molecule has 0 atom stereocenters. The van der Waals surface area contributed by atoms with Gasteiger partial charge in [-0.2, -0.15) is 0 Å². The van der Waals surface area contributed by atoms with Gasteiger partial charge >= 0.3 is 0 Å². The van der Waals surface area contributed by atoms with Crippen LogP contribution in [-0.2, 0) is 5.60 Å². The molecule has 0 saturated carbocycles. The quantitative estimate of drug-likeness (QED) is 0.868. The molecule has 0 aliphatic carbocycles. The number of halogens is 1. The molecule has 0 spiro atoms. The molecule has 0 unspecified atom stereocenters. The van der Waals surface area contributed by atoms with Gasteiger partial charge in [0.25, 0.3) is 0 Å². The minimum Gasteiger partial charge on any atom is -0.495 e. The highest BCUT2D eigenvalue weighted by Gasteiger charge is 2.18. The predicted octanol–water partition coefficient (Wildman–Crippen LogP) is 2.08. The summed E-state index contributed by atoms with van der Waals surface area (Å²) in [6, 6.07) is 1.71. The van der Waals surface area contributed by atoms with Gasteiger partial charge in [-0.05, 0) is 29.8 Å². The second-order valence-electron chi connectivity index (χ2n) is 3.26. The van der Waals surface area contributed by atoms with Crippen molar-refractivity contribution >= 4 is 15.9 Å². The van der Waals surface area contributed by atoms with Crippen LogP contribution in [0.4, 0.5) is 0 Å². The highest BCUT2D eigenvalue weighted by atomic mass is 79.9. The van der Waals surface area contributed by atoms with Crippen LogP contribution in [0.15, 0.2) is 16.7 Å². The van der Waals surface area contributed by atoms with E-state index in [-0.39, 0.29) is 0 Å². The van der Waals surface area contributed by atoms with Crippen LogP contribution in [-0.4, -0.2) is 17.2 Å². The fourth-order valence-electron chi connectivity index (χ4n) is 0.911. The van der Waals surface area contributed by atoms with Gasteiger partial charge in [-0.25, -0.2) is 0 Å². The van der Waals surface area contributed by atoms with Gasteiger partial charge in [-0.3, -0.25) is 4.98 Å². The van der Waals surface area contributed by atoms with Crippen molar-refractivity contribution in [3.05, 3.63) is 22.4 Å². The van der Waals surface area contributed by atoms with Crippen LogP contribution in [0.25, 0.3) is 0 Å². The Labute approximate surface area is 85.9 Å². The summed E-state index contributed by atoms with van der Waals surface area (Å²) in [5.41, 5.74) is -0.346. The lowest BCUT2D eigenvalue weighted by atomic mass is 10.1. The number of hydrogen-bond acceptors (Lipinski definition) is 3. The summed E-state index contributed by atoms with van der Waals surface area (Å²) >= 11 is 3.29. The van der Waals surface area contributed by atoms with Gasteiger partial charge in [0.05, 0.1) is 17.3 Å². The van der Waals surface area contributed by atoms with Gasteiger partial charge < -0.3 is 9.84 Å². The molecule has 13 heavy (non-hydrogen) atoms. The van der Waals surface area contributed by atoms with E-state index in [0.717, 1.165) is 4.47 Å². The molecule has 1 aromatic rings. The van der Waals surface area contributed by atoms with E-state index in [4.69, 9.17) is 4.74 Å². The van der Waals surface area contributed by atoms with Gasteiger partial charge in [0.1, 0.15) is 11.4 Å². The Morgan fingerprint density at radius 3 is 2.62 bits per heavy atom. The largest absolute Gasteiger partial charge is 0.495 e. The second kappa shape index (κ2) is 3.64. The summed E-state index contributed by atoms with van der Waals surface area (Å²) in [6.45, 7) is 3.37. The van der Waals surface area contributed by atoms with Gasteiger partial charge in [0.15, 0.2) is 0 Å². The van der Waals surface area contributed by atoms with Crippen molar-refractivity contribution in [2.24, 2.45) is 0 Å². The first-order chi connectivity index (χ1) is 5.95. The van der Waals surface area contributed by atoms with E-state index in [1.54, 1.807) is 33.2 Å². The van der Waals surface area contributed by atoms with Gasteiger partial charge in [-0.1, -0.05) is 0 Å². The molecule has 0 aromatic carbocycles. The van der Waals surface area contributed by atoms with E-state index in [0.29, 0.717) is 11.4 Å². The minimum atomic E-state index is -0.937. The molecule has 0 aliphatic heterocycles. The number of nitrogens with zero attached hydrogens (tertiary/aromatic N) is 1. The third-order valence-electron chi connectivity index (χ3n) is 1.67. The van der Waals surface area contributed by atoms with E-state index in [1.807, 2.05) is 0 Å². The molecular weight excluding hydrogens is 234 g/mol. The molecule has 3 nitrogen and oxygen atoms in total. The molecular formula is C9H12BrNO2. The van der Waals surface area contributed by atoms with Crippen LogP contribution >= 0.6 is 15.9 Å². The third-order valence-corrected chi connectivity index (χ3v) is 2.26. The molecule has 0 radical (unpaired) electrons. The van der Waals surface area contributed by atoms with Crippen LogP contribution in [0, 0.1) is 0 Å². The zero-order valence-corrected chi connectivity index (χ0v) is 9.42. The highest BCUT2D eigenvalue weighted by molar-refractivity contribution is 9.10. The third kappa shape index (κ3) is 2.42. The molecule has 1 rings (SSSR count). The zero-order valence-electron chi connectivity index (χ0n) is 7.84. The fourth-order valence-corrected chi connectivity index (χ4v) is 1.29. The standard InChI is InChI=1S/C9H12BrNO2/c1-9(2,12)8-4-7(13-3)6(10)5-11-8/h4-5,12H,1-3H3. The molecule has 4 heteroatoms. The summed E-state index contributed by atoms with van der Waals surface area (Å²) in [4.78, 5) is 4.08. The van der Waals surface area contributed by atoms with Gasteiger partial charge in [-0.15, -0.1) is 0 Å². The van der Waals surface area contributed by atoms with Crippen LogP contribution in [0.2, 0.25) is 0 Å². The fraction of sp³-hybridized carbons (Fsp3) is 0.444. The Balaban J connectivity index is 3.14. The van der Waals surface area contributed by atoms with Crippen LogP contribution < -0.4 is 4.74 Å². The molecule has 0 amide bonds. The first kappa shape index (κ1) is 10.5. The van der Waals surface area contributed by atoms with Crippen molar-refractivity contribution in [3.8, 4) is 5.75 Å². The van der Waals surface area contributed by atoms with E-state index in [9.17, 15) is 5.11 Å². The average Bonchev–Trinajstić information content (AvgIpc) is 2.03. The number of aromatic nitrogens is 1. The lowest BCUT2D eigenvalue weighted by Crippen LogP contribution is -2.17. The Morgan fingerprint density at radius 2 is 2.15 bits per heavy atom. The molecule has 1 N–H and O–H groups in total. The number of ether oxygens (including phenoxy) is 1. The number of hydrogen-bond donors (Lipinski definition) is 1. The van der Waals surface area contributed by atoms with Crippen molar-refractivity contribution in [2.75, 3.05) is 7.11 Å². The summed E-state index contributed by atoms with van der Waals surface area (Å²) in [5.74, 6) is 0.673. The van der Waals surface area contributed by atoms with Gasteiger partial charge in [0.2, 0.25) is 0 Å². The van der Waals surface area contributed by atoms with Crippen molar-refractivity contribution in [1.82, 2.24) is 4.98 Å². The lowest BCUT2D eigenvalue weighted by Gasteiger charge is -2.17. The van der Waals surface area contributed by atoms with E-state index in [1.165, 1.54) is 0 Å². The second-order valence-corrected chi connectivity index (χ2v) is 4.12. The Bertz CT molecular complexity index is 307. The van der Waals surface area contributed by atoms with E-state index < -0.39 is 5.60 Å². The maximum atomic E-state index is 9.67. The predicted molar refractivity (Wildman–Crippen MR) is 53.7 cm³/mol. The SMILES string of the molecule is COc1cc(C(C)(C)O)ncc1Br. The number of pyridine rings is 1. The molecule has 0 saturated heterocycles. The maximum absolute atomic E-state index is 9.67. The summed E-state index contributed by atoms with van der Waals surface area (Å²) in [7, 11) is 1.58. The van der Waals surface area contributed by atoms with Gasteiger partial charge in [0, 0.05) is 12.3 Å². The van der Waals surface area contributed by atoms with Crippen molar-refractivity contribution in [1.29, 1.82) is 0 Å². The topological polar surface area (TPSA) is 42.4 Å². The Hall–Kier alpha value is -0.610. The van der Waals surface area contributed by atoms with Crippen LogP contribution in [0.1, 0.15) is 19.5 Å². The lowest BCUT2D eigenvalue weighted by molar-refractivity contribution is 0.0735.